The van der Waals surface area contributed by atoms with E-state index in [9.17, 15) is 10.1 Å². The molecular weight excluding hydrogens is 288 g/mol. The van der Waals surface area contributed by atoms with E-state index in [2.05, 4.69) is 36.1 Å². The highest BCUT2D eigenvalue weighted by atomic mass is 35.5. The van der Waals surface area contributed by atoms with Gasteiger partial charge in [0.15, 0.2) is 0 Å². The minimum atomic E-state index is -0.450. The number of nitro benzene ring substituents is 1. The maximum absolute atomic E-state index is 10.9. The number of halogens is 1. The summed E-state index contributed by atoms with van der Waals surface area (Å²) in [6.07, 6.45) is 0. The Morgan fingerprint density at radius 1 is 1.19 bits per heavy atom. The van der Waals surface area contributed by atoms with Gasteiger partial charge in [-0.2, -0.15) is 0 Å². The third-order valence-corrected chi connectivity index (χ3v) is 3.68. The summed E-state index contributed by atoms with van der Waals surface area (Å²) in [7, 11) is 0. The van der Waals surface area contributed by atoms with Gasteiger partial charge >= 0.3 is 0 Å². The Bertz CT molecular complexity index is 641. The fourth-order valence-electron chi connectivity index (χ4n) is 2.16. The van der Waals surface area contributed by atoms with Crippen molar-refractivity contribution in [1.29, 1.82) is 0 Å². The predicted octanol–water partition coefficient (Wildman–Crippen LogP) is 4.58. The molecule has 2 aromatic carbocycles. The molecule has 0 aliphatic rings. The Hall–Kier alpha value is -2.07. The Balaban J connectivity index is 2.24. The van der Waals surface area contributed by atoms with Gasteiger partial charge < -0.3 is 4.90 Å². The maximum atomic E-state index is 10.9. The maximum Gasteiger partial charge on any atom is 0.288 e. The number of anilines is 1. The van der Waals surface area contributed by atoms with Gasteiger partial charge in [0, 0.05) is 24.8 Å². The van der Waals surface area contributed by atoms with Gasteiger partial charge in [-0.05, 0) is 37.6 Å². The van der Waals surface area contributed by atoms with Crippen LogP contribution in [0.25, 0.3) is 0 Å². The summed E-state index contributed by atoms with van der Waals surface area (Å²) in [5.41, 5.74) is 3.13. The number of aryl methyl sites for hydroxylation is 1. The van der Waals surface area contributed by atoms with Gasteiger partial charge in [0.2, 0.25) is 0 Å². The second-order valence-electron chi connectivity index (χ2n) is 4.89. The molecule has 0 radical (unpaired) electrons. The summed E-state index contributed by atoms with van der Waals surface area (Å²) in [4.78, 5) is 12.7. The van der Waals surface area contributed by atoms with E-state index < -0.39 is 4.92 Å². The number of benzene rings is 2. The van der Waals surface area contributed by atoms with Crippen molar-refractivity contribution in [3.8, 4) is 0 Å². The second kappa shape index (κ2) is 6.59. The van der Waals surface area contributed by atoms with E-state index in [-0.39, 0.29) is 10.7 Å². The van der Waals surface area contributed by atoms with Crippen LogP contribution in [0.3, 0.4) is 0 Å². The first-order chi connectivity index (χ1) is 10.0. The molecular formula is C16H17ClN2O2. The Labute approximate surface area is 129 Å². The zero-order chi connectivity index (χ0) is 15.4. The molecule has 0 bridgehead atoms. The van der Waals surface area contributed by atoms with Crippen LogP contribution in [0.4, 0.5) is 11.4 Å². The van der Waals surface area contributed by atoms with Crippen molar-refractivity contribution in [2.45, 2.75) is 20.4 Å². The molecule has 110 valence electrons. The molecule has 5 heteroatoms. The van der Waals surface area contributed by atoms with Gasteiger partial charge in [0.25, 0.3) is 5.69 Å². The van der Waals surface area contributed by atoms with Crippen molar-refractivity contribution in [3.05, 3.63) is 68.7 Å². The molecule has 0 saturated carbocycles. The molecule has 2 aromatic rings. The number of hydrogen-bond donors (Lipinski definition) is 0. The van der Waals surface area contributed by atoms with Crippen LogP contribution in [-0.4, -0.2) is 11.5 Å². The third kappa shape index (κ3) is 3.73. The number of nitrogens with zero attached hydrogens (tertiary/aromatic N) is 2. The van der Waals surface area contributed by atoms with Crippen molar-refractivity contribution in [2.75, 3.05) is 11.4 Å². The van der Waals surface area contributed by atoms with Crippen LogP contribution in [0.1, 0.15) is 18.1 Å². The summed E-state index contributed by atoms with van der Waals surface area (Å²) >= 11 is 5.84. The molecule has 0 atom stereocenters. The summed E-state index contributed by atoms with van der Waals surface area (Å²) in [5, 5.41) is 11.1. The fourth-order valence-corrected chi connectivity index (χ4v) is 2.34. The molecule has 0 aliphatic heterocycles. The molecule has 2 rings (SSSR count). The minimum absolute atomic E-state index is 0.0471. The molecule has 0 aromatic heterocycles. The van der Waals surface area contributed by atoms with Crippen molar-refractivity contribution in [3.63, 3.8) is 0 Å². The highest BCUT2D eigenvalue weighted by Crippen LogP contribution is 2.26. The topological polar surface area (TPSA) is 46.4 Å². The van der Waals surface area contributed by atoms with E-state index in [1.54, 1.807) is 12.1 Å². The summed E-state index contributed by atoms with van der Waals surface area (Å²) < 4.78 is 0. The van der Waals surface area contributed by atoms with Gasteiger partial charge in [0.05, 0.1) is 4.92 Å². The molecule has 0 unspecified atom stereocenters. The van der Waals surface area contributed by atoms with E-state index in [0.29, 0.717) is 6.54 Å². The lowest BCUT2D eigenvalue weighted by atomic mass is 10.1. The number of nitro groups is 1. The van der Waals surface area contributed by atoms with Crippen molar-refractivity contribution < 1.29 is 4.92 Å². The van der Waals surface area contributed by atoms with E-state index in [0.717, 1.165) is 17.8 Å². The number of rotatable bonds is 5. The van der Waals surface area contributed by atoms with Gasteiger partial charge in [-0.25, -0.2) is 0 Å². The first-order valence-electron chi connectivity index (χ1n) is 6.75. The molecule has 0 saturated heterocycles. The molecule has 0 amide bonds. The van der Waals surface area contributed by atoms with Crippen molar-refractivity contribution >= 4 is 23.0 Å². The highest BCUT2D eigenvalue weighted by Gasteiger charge is 2.14. The zero-order valence-corrected chi connectivity index (χ0v) is 12.8. The number of hydrogen-bond acceptors (Lipinski definition) is 3. The van der Waals surface area contributed by atoms with Crippen LogP contribution in [0, 0.1) is 17.0 Å². The van der Waals surface area contributed by atoms with Crippen LogP contribution in [-0.2, 0) is 6.54 Å². The molecule has 21 heavy (non-hydrogen) atoms. The van der Waals surface area contributed by atoms with E-state index in [4.69, 9.17) is 11.6 Å². The molecule has 0 N–H and O–H groups in total. The summed E-state index contributed by atoms with van der Waals surface area (Å²) in [5.74, 6) is 0. The lowest BCUT2D eigenvalue weighted by Crippen LogP contribution is -2.21. The SMILES string of the molecule is CCN(Cc1ccc(Cl)c([N+](=O)[O-])c1)c1ccc(C)cc1. The fraction of sp³-hybridized carbons (Fsp3) is 0.250. The average molecular weight is 305 g/mol. The smallest absolute Gasteiger partial charge is 0.288 e. The van der Waals surface area contributed by atoms with Gasteiger partial charge in [-0.1, -0.05) is 35.4 Å². The predicted molar refractivity (Wildman–Crippen MR) is 86.0 cm³/mol. The largest absolute Gasteiger partial charge is 0.367 e. The van der Waals surface area contributed by atoms with Gasteiger partial charge in [-0.15, -0.1) is 0 Å². The molecule has 0 spiro atoms. The van der Waals surface area contributed by atoms with Crippen molar-refractivity contribution in [2.24, 2.45) is 0 Å². The third-order valence-electron chi connectivity index (χ3n) is 3.36. The normalized spacial score (nSPS) is 10.4. The van der Waals surface area contributed by atoms with Crippen LogP contribution in [0.2, 0.25) is 5.02 Å². The first kappa shape index (κ1) is 15.3. The van der Waals surface area contributed by atoms with Crippen molar-refractivity contribution in [1.82, 2.24) is 0 Å². The Morgan fingerprint density at radius 3 is 2.43 bits per heavy atom. The summed E-state index contributed by atoms with van der Waals surface area (Å²) in [6, 6.07) is 13.2. The van der Waals surface area contributed by atoms with E-state index in [1.165, 1.54) is 5.56 Å². The molecule has 0 fully saturated rings. The zero-order valence-electron chi connectivity index (χ0n) is 12.0. The van der Waals surface area contributed by atoms with Crippen LogP contribution >= 0.6 is 11.6 Å². The standard InChI is InChI=1S/C16H17ClN2O2/c1-3-18(14-7-4-12(2)5-8-14)11-13-6-9-15(17)16(10-13)19(20)21/h4-10H,3,11H2,1-2H3. The van der Waals surface area contributed by atoms with Crippen LogP contribution in [0.15, 0.2) is 42.5 Å². The summed E-state index contributed by atoms with van der Waals surface area (Å²) in [6.45, 7) is 5.53. The van der Waals surface area contributed by atoms with Gasteiger partial charge in [0.1, 0.15) is 5.02 Å². The monoisotopic (exact) mass is 304 g/mol. The second-order valence-corrected chi connectivity index (χ2v) is 5.30. The molecule has 4 nitrogen and oxygen atoms in total. The van der Waals surface area contributed by atoms with Gasteiger partial charge in [-0.3, -0.25) is 10.1 Å². The minimum Gasteiger partial charge on any atom is -0.367 e. The molecule has 0 aliphatic carbocycles. The highest BCUT2D eigenvalue weighted by molar-refractivity contribution is 6.32. The van der Waals surface area contributed by atoms with E-state index >= 15 is 0 Å². The lowest BCUT2D eigenvalue weighted by Gasteiger charge is -2.23. The van der Waals surface area contributed by atoms with Crippen LogP contribution in [0.5, 0.6) is 0 Å². The van der Waals surface area contributed by atoms with E-state index in [1.807, 2.05) is 13.0 Å². The quantitative estimate of drug-likeness (QED) is 0.600. The lowest BCUT2D eigenvalue weighted by molar-refractivity contribution is -0.384. The first-order valence-corrected chi connectivity index (χ1v) is 7.13. The Kier molecular flexibility index (Phi) is 4.81. The van der Waals surface area contributed by atoms with Crippen LogP contribution < -0.4 is 4.90 Å². The molecule has 0 heterocycles. The Morgan fingerprint density at radius 2 is 1.86 bits per heavy atom. The average Bonchev–Trinajstić information content (AvgIpc) is 2.47.